The van der Waals surface area contributed by atoms with Crippen LogP contribution in [0.25, 0.3) is 33.4 Å². The van der Waals surface area contributed by atoms with Gasteiger partial charge in [-0.1, -0.05) is 62.9 Å². The number of rotatable bonds is 23. The van der Waals surface area contributed by atoms with E-state index in [0.717, 1.165) is 56.2 Å². The topological polar surface area (TPSA) is 260 Å². The molecule has 12 rings (SSSR count). The van der Waals surface area contributed by atoms with Crippen LogP contribution in [0.1, 0.15) is 146 Å². The van der Waals surface area contributed by atoms with Crippen LogP contribution in [0.15, 0.2) is 143 Å². The number of hydrogen-bond acceptors (Lipinski definition) is 16. The first kappa shape index (κ1) is 65.7. The van der Waals surface area contributed by atoms with Gasteiger partial charge in [0.1, 0.15) is 22.8 Å². The van der Waals surface area contributed by atoms with Crippen LogP contribution < -0.4 is 45.9 Å². The molecular weight excluding hydrogens is 1220 g/mol. The zero-order valence-corrected chi connectivity index (χ0v) is 54.6. The fraction of sp³-hybridized carbons (Fsp3) is 0.342. The number of ether oxygens (including phenoxy) is 2. The third-order valence-corrected chi connectivity index (χ3v) is 19.4. The van der Waals surface area contributed by atoms with Crippen molar-refractivity contribution in [3.8, 4) is 39.7 Å². The van der Waals surface area contributed by atoms with Gasteiger partial charge in [-0.25, -0.2) is 9.59 Å². The maximum Gasteiger partial charge on any atom is 0.340 e. The zero-order chi connectivity index (χ0) is 67.6. The Balaban J connectivity index is 0.732. The van der Waals surface area contributed by atoms with E-state index in [1.54, 1.807) is 30.3 Å². The van der Waals surface area contributed by atoms with Crippen molar-refractivity contribution in [2.24, 2.45) is 5.92 Å². The number of likely N-dealkylation sites (N-methyl/N-ethyl adjacent to an activating group) is 1. The number of carboxylic acids is 1. The van der Waals surface area contributed by atoms with Crippen LogP contribution in [-0.4, -0.2) is 131 Å². The lowest BCUT2D eigenvalue weighted by molar-refractivity contribution is -0.268. The van der Waals surface area contributed by atoms with Gasteiger partial charge in [0.05, 0.1) is 16.7 Å². The third-order valence-electron chi connectivity index (χ3n) is 19.4. The summed E-state index contributed by atoms with van der Waals surface area (Å²) in [7, 11) is 7.72. The molecule has 1 saturated heterocycles. The maximum atomic E-state index is 14.9. The number of esters is 1. The molecule has 0 aromatic heterocycles. The number of nitrogens with zero attached hydrogens (tertiary/aromatic N) is 4. The van der Waals surface area contributed by atoms with Crippen LogP contribution in [0.5, 0.6) is 17.2 Å². The Morgan fingerprint density at radius 2 is 1.30 bits per heavy atom. The number of amides is 3. The van der Waals surface area contributed by atoms with Gasteiger partial charge in [0, 0.05) is 171 Å². The average molecular weight is 1300 g/mol. The summed E-state index contributed by atoms with van der Waals surface area (Å²) < 4.78 is 18.9. The Morgan fingerprint density at radius 3 is 1.98 bits per heavy atom. The second-order valence-corrected chi connectivity index (χ2v) is 25.9. The van der Waals surface area contributed by atoms with Crippen LogP contribution in [0.3, 0.4) is 0 Å². The van der Waals surface area contributed by atoms with Crippen LogP contribution in [0, 0.1) is 5.92 Å². The number of unbranched alkanes of at least 4 members (excludes halogenated alkanes) is 1. The zero-order valence-electron chi connectivity index (χ0n) is 54.6. The SMILES string of the molecule is CCN1CCN(c2ccc(C(=O)NC3(C(=O)C[C@@H](CCCCNC(=O)c4ccc5c(c4)C(=O)OC54c5ccc(N(C)C)cc5Oc5cc(N(C)C)ccc54)C(=O)NCCCC(=O)c4ccc(-c5c6ccc(=O)cc-6oc6cc([O-])ccc56)c(C(=O)O)c4)CCCCC3)cc2)CC1. The minimum absolute atomic E-state index is 0.0489. The van der Waals surface area contributed by atoms with E-state index < -0.39 is 40.8 Å². The van der Waals surface area contributed by atoms with E-state index in [2.05, 4.69) is 32.7 Å². The monoisotopic (exact) mass is 1300 g/mol. The third kappa shape index (κ3) is 13.1. The van der Waals surface area contributed by atoms with Crippen molar-refractivity contribution in [2.75, 3.05) is 88.7 Å². The fourth-order valence-electron chi connectivity index (χ4n) is 14.0. The first-order chi connectivity index (χ1) is 46.2. The molecule has 20 heteroatoms. The Kier molecular flexibility index (Phi) is 18.9. The molecule has 4 heterocycles. The van der Waals surface area contributed by atoms with E-state index in [1.807, 2.05) is 86.5 Å². The van der Waals surface area contributed by atoms with E-state index >= 15 is 0 Å². The van der Waals surface area contributed by atoms with Gasteiger partial charge >= 0.3 is 11.9 Å². The smallest absolute Gasteiger partial charge is 0.340 e. The molecule has 6 aromatic rings. The predicted molar refractivity (Wildman–Crippen MR) is 364 cm³/mol. The van der Waals surface area contributed by atoms with Crippen molar-refractivity contribution in [3.63, 3.8) is 0 Å². The average Bonchev–Trinajstić information content (AvgIpc) is 1.46. The molecule has 96 heavy (non-hydrogen) atoms. The molecule has 1 spiro atoms. The summed E-state index contributed by atoms with van der Waals surface area (Å²) in [6.45, 7) is 7.06. The molecule has 1 saturated carbocycles. The lowest BCUT2D eigenvalue weighted by atomic mass is 9.75. The summed E-state index contributed by atoms with van der Waals surface area (Å²) in [5.41, 5.74) is 3.85. The molecule has 0 bridgehead atoms. The Morgan fingerprint density at radius 1 is 0.646 bits per heavy atom. The second kappa shape index (κ2) is 27.5. The number of carbonyl (C=O) groups excluding carboxylic acids is 6. The second-order valence-electron chi connectivity index (χ2n) is 25.9. The van der Waals surface area contributed by atoms with Gasteiger partial charge in [0.25, 0.3) is 11.8 Å². The number of nitrogens with one attached hydrogen (secondary N) is 3. The summed E-state index contributed by atoms with van der Waals surface area (Å²) in [6.07, 6.45) is 4.13. The van der Waals surface area contributed by atoms with Crippen LogP contribution in [0.2, 0.25) is 0 Å². The first-order valence-corrected chi connectivity index (χ1v) is 33.0. The van der Waals surface area contributed by atoms with Gasteiger partial charge in [-0.05, 0) is 129 Å². The van der Waals surface area contributed by atoms with Gasteiger partial charge < -0.3 is 59.7 Å². The minimum atomic E-state index is -1.35. The van der Waals surface area contributed by atoms with Crippen molar-refractivity contribution in [2.45, 2.75) is 88.7 Å². The molecule has 2 aliphatic carbocycles. The molecule has 3 amide bonds. The van der Waals surface area contributed by atoms with Gasteiger partial charge in [-0.2, -0.15) is 0 Å². The molecule has 6 aromatic carbocycles. The molecule has 4 N–H and O–H groups in total. The molecule has 4 aliphatic heterocycles. The number of anilines is 3. The van der Waals surface area contributed by atoms with E-state index in [9.17, 15) is 48.6 Å². The molecule has 1 atom stereocenters. The maximum absolute atomic E-state index is 14.9. The number of piperazine rings is 1. The van der Waals surface area contributed by atoms with Gasteiger partial charge in [-0.15, -0.1) is 5.75 Å². The standard InChI is InChI=1S/C76H79N7O13/c1-6-82-35-37-83(38-36-82)50-19-15-46(16-20-50)72(90)79-75(31-9-7-10-32-75)68(87)41-48(70(88)78-34-12-14-63(86)47-17-25-55(58(39-47)73(91)92)69-56-26-23-53(84)44-64(56)94-65-45-54(85)24-27-57(65)69)13-8-11-33-77-71(89)49-18-28-60-59(40-49)74(93)96-76(60)61-29-21-51(80(2)3)42-66(61)95-67-43-52(81(4)5)22-30-62(67)76/h15-30,39-40,42-45,48,84H,6-14,31-38,41H2,1-5H3,(H,77,89)(H,78,88)(H,79,90)(H,91,92)/p-1/t48-/m1/s1. The van der Waals surface area contributed by atoms with Crippen molar-refractivity contribution >= 4 is 69.3 Å². The number of hydrogen-bond donors (Lipinski definition) is 4. The van der Waals surface area contributed by atoms with Crippen molar-refractivity contribution < 1.29 is 57.7 Å². The fourth-order valence-corrected chi connectivity index (χ4v) is 14.0. The molecule has 6 aliphatic rings. The minimum Gasteiger partial charge on any atom is -0.872 e. The summed E-state index contributed by atoms with van der Waals surface area (Å²) in [5.74, 6) is -3.71. The number of fused-ring (bicyclic) bond motifs is 8. The predicted octanol–water partition coefficient (Wildman–Crippen LogP) is 10.6. The lowest BCUT2D eigenvalue weighted by Crippen LogP contribution is -2.56. The van der Waals surface area contributed by atoms with Crippen molar-refractivity contribution in [1.82, 2.24) is 20.9 Å². The summed E-state index contributed by atoms with van der Waals surface area (Å²) >= 11 is 0. The molecule has 2 fully saturated rings. The highest BCUT2D eigenvalue weighted by molar-refractivity contribution is 6.10. The van der Waals surface area contributed by atoms with Crippen LogP contribution >= 0.6 is 0 Å². The van der Waals surface area contributed by atoms with Gasteiger partial charge in [0.15, 0.2) is 22.6 Å². The lowest BCUT2D eigenvalue weighted by Gasteiger charge is -2.38. The van der Waals surface area contributed by atoms with Crippen molar-refractivity contribution in [3.05, 3.63) is 188 Å². The highest BCUT2D eigenvalue weighted by Crippen LogP contribution is 2.57. The number of aromatic carboxylic acids is 1. The van der Waals surface area contributed by atoms with Gasteiger partial charge in [0.2, 0.25) is 5.91 Å². The Labute approximate surface area is 556 Å². The molecule has 0 unspecified atom stereocenters. The van der Waals surface area contributed by atoms with Crippen molar-refractivity contribution in [1.29, 1.82) is 0 Å². The van der Waals surface area contributed by atoms with E-state index in [4.69, 9.17) is 13.9 Å². The Hall–Kier alpha value is -10.3. The van der Waals surface area contributed by atoms with Crippen LogP contribution in [-0.2, 0) is 19.9 Å². The first-order valence-electron chi connectivity index (χ1n) is 33.0. The van der Waals surface area contributed by atoms with Crippen LogP contribution in [0.4, 0.5) is 17.1 Å². The summed E-state index contributed by atoms with van der Waals surface area (Å²) in [6, 6.07) is 36.6. The number of benzene rings is 7. The highest BCUT2D eigenvalue weighted by Gasteiger charge is 2.54. The largest absolute Gasteiger partial charge is 0.872 e. The van der Waals surface area contributed by atoms with E-state index in [1.165, 1.54) is 54.6 Å². The molecular formula is C76H78N7O13-. The normalized spacial score (nSPS) is 15.6. The molecule has 20 nitrogen and oxygen atoms in total. The Bertz CT molecular complexity index is 4330. The molecule has 0 radical (unpaired) electrons. The van der Waals surface area contributed by atoms with Gasteiger partial charge in [-0.3, -0.25) is 28.8 Å². The number of ketones is 2. The quantitative estimate of drug-likeness (QED) is 0.0201. The van der Waals surface area contributed by atoms with E-state index in [0.29, 0.717) is 88.8 Å². The summed E-state index contributed by atoms with van der Waals surface area (Å²) in [4.78, 5) is 119. The number of carbonyl (C=O) groups is 7. The number of Topliss-reactive ketones (excluding diaryl/α,β-unsaturated/α-hetero) is 2. The number of carboxylic acid groups (broad SMARTS) is 1. The highest BCUT2D eigenvalue weighted by atomic mass is 16.6. The van der Waals surface area contributed by atoms with E-state index in [-0.39, 0.29) is 107 Å². The summed E-state index contributed by atoms with van der Waals surface area (Å²) in [5, 5.41) is 32.5. The molecule has 496 valence electrons.